The van der Waals surface area contributed by atoms with Gasteiger partial charge >= 0.3 is 0 Å². The Morgan fingerprint density at radius 1 is 1.06 bits per heavy atom. The van der Waals surface area contributed by atoms with Crippen LogP contribution in [0.2, 0.25) is 0 Å². The first-order valence-electron chi connectivity index (χ1n) is 5.64. The quantitative estimate of drug-likeness (QED) is 0.718. The monoisotopic (exact) mass is 236 g/mol. The van der Waals surface area contributed by atoms with Crippen molar-refractivity contribution in [3.8, 4) is 0 Å². The number of rotatable bonds is 2. The van der Waals surface area contributed by atoms with E-state index in [4.69, 9.17) is 5.73 Å². The van der Waals surface area contributed by atoms with Gasteiger partial charge < -0.3 is 11.1 Å². The Bertz CT molecular complexity index is 689. The van der Waals surface area contributed by atoms with E-state index in [1.165, 1.54) is 0 Å². The predicted octanol–water partition coefficient (Wildman–Crippen LogP) is 2.96. The molecule has 0 unspecified atom stereocenters. The van der Waals surface area contributed by atoms with Crippen LogP contribution in [0.15, 0.2) is 55.0 Å². The van der Waals surface area contributed by atoms with Crippen LogP contribution in [0.1, 0.15) is 0 Å². The molecule has 4 heteroatoms. The molecule has 0 saturated carbocycles. The molecular formula is C14H12N4. The van der Waals surface area contributed by atoms with Crippen molar-refractivity contribution in [2.24, 2.45) is 0 Å². The molecule has 3 rings (SSSR count). The minimum Gasteiger partial charge on any atom is -0.399 e. The molecule has 0 atom stereocenters. The van der Waals surface area contributed by atoms with Crippen LogP contribution in [0, 0.1) is 0 Å². The Kier molecular flexibility index (Phi) is 2.53. The van der Waals surface area contributed by atoms with E-state index in [0.29, 0.717) is 5.69 Å². The molecule has 0 radical (unpaired) electrons. The maximum Gasteiger partial charge on any atom is 0.132 e. The smallest absolute Gasteiger partial charge is 0.132 e. The minimum absolute atomic E-state index is 0.686. The Morgan fingerprint density at radius 2 is 2.00 bits per heavy atom. The number of hydrogen-bond acceptors (Lipinski definition) is 4. The number of pyridine rings is 2. The van der Waals surface area contributed by atoms with Gasteiger partial charge in [-0.15, -0.1) is 0 Å². The lowest BCUT2D eigenvalue weighted by molar-refractivity contribution is 1.31. The van der Waals surface area contributed by atoms with E-state index in [-0.39, 0.29) is 0 Å². The van der Waals surface area contributed by atoms with Gasteiger partial charge in [-0.05, 0) is 23.6 Å². The third kappa shape index (κ3) is 1.96. The first kappa shape index (κ1) is 10.5. The lowest BCUT2D eigenvalue weighted by Crippen LogP contribution is -1.95. The lowest BCUT2D eigenvalue weighted by atomic mass is 10.1. The van der Waals surface area contributed by atoms with E-state index in [9.17, 15) is 0 Å². The molecule has 4 nitrogen and oxygen atoms in total. The third-order valence-electron chi connectivity index (χ3n) is 2.73. The molecular weight excluding hydrogens is 224 g/mol. The fourth-order valence-corrected chi connectivity index (χ4v) is 1.88. The van der Waals surface area contributed by atoms with Gasteiger partial charge in [0.25, 0.3) is 0 Å². The van der Waals surface area contributed by atoms with E-state index in [1.54, 1.807) is 24.5 Å². The maximum atomic E-state index is 5.73. The minimum atomic E-state index is 0.686. The summed E-state index contributed by atoms with van der Waals surface area (Å²) in [6.07, 6.45) is 5.30. The summed E-state index contributed by atoms with van der Waals surface area (Å²) >= 11 is 0. The standard InChI is InChI=1S/C14H12N4/c15-11-5-7-17-14(8-11)18-13-3-1-2-10-4-6-16-9-12(10)13/h1-9H,(H3,15,17,18). The van der Waals surface area contributed by atoms with Crippen LogP contribution < -0.4 is 11.1 Å². The molecule has 0 fully saturated rings. The number of benzene rings is 1. The summed E-state index contributed by atoms with van der Waals surface area (Å²) in [7, 11) is 0. The van der Waals surface area contributed by atoms with E-state index in [1.807, 2.05) is 24.4 Å². The van der Waals surface area contributed by atoms with Crippen LogP contribution in [-0.4, -0.2) is 9.97 Å². The number of nitrogen functional groups attached to an aromatic ring is 1. The zero-order chi connectivity index (χ0) is 12.4. The molecule has 0 saturated heterocycles. The number of nitrogens with two attached hydrogens (primary N) is 1. The first-order chi connectivity index (χ1) is 8.83. The van der Waals surface area contributed by atoms with Crippen molar-refractivity contribution in [3.05, 3.63) is 55.0 Å². The molecule has 2 heterocycles. The highest BCUT2D eigenvalue weighted by atomic mass is 15.0. The van der Waals surface area contributed by atoms with Crippen LogP contribution in [0.25, 0.3) is 10.8 Å². The predicted molar refractivity (Wildman–Crippen MR) is 73.7 cm³/mol. The summed E-state index contributed by atoms with van der Waals surface area (Å²) in [6.45, 7) is 0. The topological polar surface area (TPSA) is 63.8 Å². The number of nitrogens with one attached hydrogen (secondary N) is 1. The third-order valence-corrected chi connectivity index (χ3v) is 2.73. The molecule has 0 amide bonds. The lowest BCUT2D eigenvalue weighted by Gasteiger charge is -2.08. The van der Waals surface area contributed by atoms with Gasteiger partial charge in [0.05, 0.1) is 0 Å². The van der Waals surface area contributed by atoms with Gasteiger partial charge in [0.2, 0.25) is 0 Å². The van der Waals surface area contributed by atoms with Gasteiger partial charge in [0.1, 0.15) is 5.82 Å². The van der Waals surface area contributed by atoms with Crippen molar-refractivity contribution in [2.45, 2.75) is 0 Å². The fourth-order valence-electron chi connectivity index (χ4n) is 1.88. The van der Waals surface area contributed by atoms with E-state index in [2.05, 4.69) is 21.4 Å². The summed E-state index contributed by atoms with van der Waals surface area (Å²) in [5, 5.41) is 5.45. The zero-order valence-electron chi connectivity index (χ0n) is 9.67. The molecule has 0 spiro atoms. The van der Waals surface area contributed by atoms with Crippen molar-refractivity contribution in [3.63, 3.8) is 0 Å². The average molecular weight is 236 g/mol. The number of hydrogen-bond donors (Lipinski definition) is 2. The number of fused-ring (bicyclic) bond motifs is 1. The normalized spacial score (nSPS) is 10.4. The number of nitrogens with zero attached hydrogens (tertiary/aromatic N) is 2. The Labute approximate surface area is 104 Å². The van der Waals surface area contributed by atoms with Crippen LogP contribution in [-0.2, 0) is 0 Å². The Hall–Kier alpha value is -2.62. The second kappa shape index (κ2) is 4.33. The SMILES string of the molecule is Nc1ccnc(Nc2cccc3ccncc23)c1. The highest BCUT2D eigenvalue weighted by molar-refractivity contribution is 5.94. The second-order valence-electron chi connectivity index (χ2n) is 4.00. The fraction of sp³-hybridized carbons (Fsp3) is 0. The molecule has 0 aliphatic carbocycles. The van der Waals surface area contributed by atoms with Crippen LogP contribution in [0.3, 0.4) is 0 Å². The highest BCUT2D eigenvalue weighted by Gasteiger charge is 2.01. The van der Waals surface area contributed by atoms with Gasteiger partial charge in [-0.1, -0.05) is 12.1 Å². The van der Waals surface area contributed by atoms with Crippen LogP contribution >= 0.6 is 0 Å². The van der Waals surface area contributed by atoms with E-state index >= 15 is 0 Å². The highest BCUT2D eigenvalue weighted by Crippen LogP contribution is 2.25. The van der Waals surface area contributed by atoms with Crippen molar-refractivity contribution in [1.82, 2.24) is 9.97 Å². The first-order valence-corrected chi connectivity index (χ1v) is 5.64. The summed E-state index contributed by atoms with van der Waals surface area (Å²) < 4.78 is 0. The average Bonchev–Trinajstić information content (AvgIpc) is 2.39. The van der Waals surface area contributed by atoms with Gasteiger partial charge in [-0.3, -0.25) is 4.98 Å². The molecule has 3 N–H and O–H groups in total. The van der Waals surface area contributed by atoms with Crippen LogP contribution in [0.5, 0.6) is 0 Å². The maximum absolute atomic E-state index is 5.73. The zero-order valence-corrected chi connectivity index (χ0v) is 9.67. The number of aromatic nitrogens is 2. The summed E-state index contributed by atoms with van der Waals surface area (Å²) in [6, 6.07) is 11.6. The van der Waals surface area contributed by atoms with Gasteiger partial charge in [-0.2, -0.15) is 0 Å². The summed E-state index contributed by atoms with van der Waals surface area (Å²) in [5.74, 6) is 0.728. The summed E-state index contributed by atoms with van der Waals surface area (Å²) in [4.78, 5) is 8.38. The van der Waals surface area contributed by atoms with Gasteiger partial charge in [-0.25, -0.2) is 4.98 Å². The van der Waals surface area contributed by atoms with E-state index < -0.39 is 0 Å². The van der Waals surface area contributed by atoms with Gasteiger partial charge in [0.15, 0.2) is 0 Å². The molecule has 0 aliphatic rings. The van der Waals surface area contributed by atoms with Crippen molar-refractivity contribution in [2.75, 3.05) is 11.1 Å². The second-order valence-corrected chi connectivity index (χ2v) is 4.00. The molecule has 3 aromatic rings. The summed E-state index contributed by atoms with van der Waals surface area (Å²) in [5.41, 5.74) is 7.39. The molecule has 0 bridgehead atoms. The van der Waals surface area contributed by atoms with Crippen LogP contribution in [0.4, 0.5) is 17.2 Å². The molecule has 18 heavy (non-hydrogen) atoms. The molecule has 1 aromatic carbocycles. The largest absolute Gasteiger partial charge is 0.399 e. The molecule has 0 aliphatic heterocycles. The Morgan fingerprint density at radius 3 is 2.89 bits per heavy atom. The molecule has 88 valence electrons. The van der Waals surface area contributed by atoms with E-state index in [0.717, 1.165) is 22.3 Å². The van der Waals surface area contributed by atoms with Crippen molar-refractivity contribution < 1.29 is 0 Å². The van der Waals surface area contributed by atoms with Gasteiger partial charge in [0, 0.05) is 41.4 Å². The number of anilines is 3. The molecule has 2 aromatic heterocycles. The Balaban J connectivity index is 2.05. The van der Waals surface area contributed by atoms with Crippen molar-refractivity contribution in [1.29, 1.82) is 0 Å². The van der Waals surface area contributed by atoms with Crippen molar-refractivity contribution >= 4 is 28.0 Å².